The Labute approximate surface area is 176 Å². The number of carbonyl (C=O) groups excluding carboxylic acids is 1. The summed E-state index contributed by atoms with van der Waals surface area (Å²) in [5, 5.41) is 6.33. The average Bonchev–Trinajstić information content (AvgIpc) is 3.12. The third-order valence-corrected chi connectivity index (χ3v) is 5.01. The molecule has 2 heterocycles. The molecular weight excluding hydrogens is 411 g/mol. The highest BCUT2D eigenvalue weighted by molar-refractivity contribution is 5.89. The molecule has 1 aromatic heterocycles. The zero-order valence-electron chi connectivity index (χ0n) is 16.5. The first-order valence-electron chi connectivity index (χ1n) is 9.81. The molecule has 2 aromatic carbocycles. The summed E-state index contributed by atoms with van der Waals surface area (Å²) < 4.78 is 45.6. The zero-order chi connectivity index (χ0) is 21.8. The minimum Gasteiger partial charge on any atom is -0.334 e. The highest BCUT2D eigenvalue weighted by atomic mass is 19.2. The Morgan fingerprint density at radius 3 is 2.61 bits per heavy atom. The maximum Gasteiger partial charge on any atom is 0.321 e. The quantitative estimate of drug-likeness (QED) is 0.635. The van der Waals surface area contributed by atoms with E-state index in [0.29, 0.717) is 50.9 Å². The number of hydrogen-bond donors (Lipinski definition) is 1. The van der Waals surface area contributed by atoms with Crippen molar-refractivity contribution in [3.05, 3.63) is 65.7 Å². The summed E-state index contributed by atoms with van der Waals surface area (Å²) in [6, 6.07) is 10.6. The lowest BCUT2D eigenvalue weighted by molar-refractivity contribution is 0.210. The van der Waals surface area contributed by atoms with Gasteiger partial charge in [-0.2, -0.15) is 4.98 Å². The highest BCUT2D eigenvalue weighted by Crippen LogP contribution is 2.21. The molecular formula is C21H20F3N5O2. The first-order chi connectivity index (χ1) is 15.0. The second kappa shape index (κ2) is 9.17. The Bertz CT molecular complexity index is 1060. The number of hydrogen-bond acceptors (Lipinski definition) is 5. The van der Waals surface area contributed by atoms with Crippen LogP contribution in [-0.4, -0.2) is 52.2 Å². The van der Waals surface area contributed by atoms with E-state index in [2.05, 4.69) is 20.4 Å². The van der Waals surface area contributed by atoms with Gasteiger partial charge in [0.25, 0.3) is 5.89 Å². The van der Waals surface area contributed by atoms with Crippen LogP contribution in [0.4, 0.5) is 23.7 Å². The van der Waals surface area contributed by atoms with Crippen LogP contribution in [-0.2, 0) is 6.54 Å². The molecule has 1 saturated heterocycles. The number of benzene rings is 2. The van der Waals surface area contributed by atoms with Gasteiger partial charge in [0.15, 0.2) is 23.3 Å². The van der Waals surface area contributed by atoms with Crippen molar-refractivity contribution in [3.8, 4) is 11.5 Å². The highest BCUT2D eigenvalue weighted by Gasteiger charge is 2.22. The molecule has 162 valence electrons. The lowest BCUT2D eigenvalue weighted by Crippen LogP contribution is -2.38. The average molecular weight is 431 g/mol. The van der Waals surface area contributed by atoms with Gasteiger partial charge in [0.2, 0.25) is 0 Å². The monoisotopic (exact) mass is 431 g/mol. The van der Waals surface area contributed by atoms with E-state index in [1.807, 2.05) is 30.3 Å². The smallest absolute Gasteiger partial charge is 0.321 e. The number of urea groups is 1. The van der Waals surface area contributed by atoms with E-state index >= 15 is 0 Å². The Hall–Kier alpha value is -3.40. The molecule has 0 atom stereocenters. The number of halogens is 3. The number of aromatic nitrogens is 2. The minimum atomic E-state index is -1.62. The van der Waals surface area contributed by atoms with Crippen LogP contribution >= 0.6 is 0 Å². The molecule has 1 N–H and O–H groups in total. The van der Waals surface area contributed by atoms with Gasteiger partial charge in [-0.3, -0.25) is 4.90 Å². The molecule has 0 aliphatic carbocycles. The van der Waals surface area contributed by atoms with Crippen LogP contribution in [0.1, 0.15) is 12.2 Å². The molecule has 31 heavy (non-hydrogen) atoms. The third-order valence-electron chi connectivity index (χ3n) is 5.01. The van der Waals surface area contributed by atoms with Crippen LogP contribution in [0.2, 0.25) is 0 Å². The van der Waals surface area contributed by atoms with Crippen LogP contribution < -0.4 is 5.32 Å². The molecule has 2 amide bonds. The van der Waals surface area contributed by atoms with Crippen molar-refractivity contribution < 1.29 is 22.5 Å². The van der Waals surface area contributed by atoms with Gasteiger partial charge in [-0.05, 0) is 30.7 Å². The summed E-state index contributed by atoms with van der Waals surface area (Å²) in [6.45, 7) is 2.53. The molecule has 3 aromatic rings. The van der Waals surface area contributed by atoms with Gasteiger partial charge in [0.05, 0.1) is 12.2 Å². The zero-order valence-corrected chi connectivity index (χ0v) is 16.5. The lowest BCUT2D eigenvalue weighted by atomic mass is 10.2. The first kappa shape index (κ1) is 20.9. The lowest BCUT2D eigenvalue weighted by Gasteiger charge is -2.22. The first-order valence-corrected chi connectivity index (χ1v) is 9.81. The molecule has 1 aliphatic rings. The predicted octanol–water partition coefficient (Wildman–Crippen LogP) is 3.89. The van der Waals surface area contributed by atoms with Gasteiger partial charge >= 0.3 is 6.03 Å². The van der Waals surface area contributed by atoms with Crippen LogP contribution in [0, 0.1) is 17.5 Å². The number of rotatable bonds is 4. The van der Waals surface area contributed by atoms with Gasteiger partial charge in [-0.25, -0.2) is 18.0 Å². The fraction of sp³-hybridized carbons (Fsp3) is 0.286. The van der Waals surface area contributed by atoms with Crippen molar-refractivity contribution in [1.82, 2.24) is 19.9 Å². The third kappa shape index (κ3) is 4.85. The summed E-state index contributed by atoms with van der Waals surface area (Å²) in [7, 11) is 0. The van der Waals surface area contributed by atoms with Gasteiger partial charge in [0.1, 0.15) is 0 Å². The number of nitrogens with zero attached hydrogens (tertiary/aromatic N) is 4. The normalized spacial score (nSPS) is 15.0. The van der Waals surface area contributed by atoms with Gasteiger partial charge in [0, 0.05) is 31.7 Å². The molecule has 10 heteroatoms. The number of nitrogens with one attached hydrogen (secondary N) is 1. The van der Waals surface area contributed by atoms with Crippen molar-refractivity contribution in [2.24, 2.45) is 0 Å². The van der Waals surface area contributed by atoms with Gasteiger partial charge in [-0.15, -0.1) is 0 Å². The molecule has 0 unspecified atom stereocenters. The van der Waals surface area contributed by atoms with E-state index in [1.165, 1.54) is 4.90 Å². The summed E-state index contributed by atoms with van der Waals surface area (Å²) >= 11 is 0. The van der Waals surface area contributed by atoms with E-state index in [9.17, 15) is 18.0 Å². The molecule has 1 aliphatic heterocycles. The Balaban J connectivity index is 1.34. The fourth-order valence-electron chi connectivity index (χ4n) is 3.36. The second-order valence-corrected chi connectivity index (χ2v) is 7.15. The topological polar surface area (TPSA) is 74.5 Å². The Kier molecular flexibility index (Phi) is 6.17. The molecule has 4 rings (SSSR count). The van der Waals surface area contributed by atoms with E-state index in [1.54, 1.807) is 0 Å². The predicted molar refractivity (Wildman–Crippen MR) is 107 cm³/mol. The van der Waals surface area contributed by atoms with E-state index in [4.69, 9.17) is 4.52 Å². The summed E-state index contributed by atoms with van der Waals surface area (Å²) in [6.07, 6.45) is 0.678. The van der Waals surface area contributed by atoms with Crippen molar-refractivity contribution in [1.29, 1.82) is 0 Å². The minimum absolute atomic E-state index is 0.376. The Morgan fingerprint density at radius 2 is 1.81 bits per heavy atom. The maximum absolute atomic E-state index is 13.8. The standard InChI is InChI=1S/C21H20F3N5O2/c22-15-7-8-16(19(24)18(15)23)25-21(30)29-10-4-9-28(11-12-29)13-17-26-20(31-27-17)14-5-2-1-3-6-14/h1-3,5-8H,4,9-13H2,(H,25,30). The van der Waals surface area contributed by atoms with Gasteiger partial charge < -0.3 is 14.7 Å². The van der Waals surface area contributed by atoms with Crippen molar-refractivity contribution in [2.45, 2.75) is 13.0 Å². The van der Waals surface area contributed by atoms with Crippen LogP contribution in [0.3, 0.4) is 0 Å². The number of amides is 2. The van der Waals surface area contributed by atoms with Crippen LogP contribution in [0.5, 0.6) is 0 Å². The van der Waals surface area contributed by atoms with Crippen LogP contribution in [0.15, 0.2) is 47.0 Å². The summed E-state index contributed by atoms with van der Waals surface area (Å²) in [4.78, 5) is 20.5. The molecule has 0 saturated carbocycles. The van der Waals surface area contributed by atoms with E-state index in [-0.39, 0.29) is 0 Å². The summed E-state index contributed by atoms with van der Waals surface area (Å²) in [5.74, 6) is -3.36. The molecule has 7 nitrogen and oxygen atoms in total. The number of anilines is 1. The molecule has 0 radical (unpaired) electrons. The second-order valence-electron chi connectivity index (χ2n) is 7.15. The summed E-state index contributed by atoms with van der Waals surface area (Å²) in [5.41, 5.74) is 0.440. The largest absolute Gasteiger partial charge is 0.334 e. The van der Waals surface area contributed by atoms with Crippen molar-refractivity contribution in [2.75, 3.05) is 31.5 Å². The SMILES string of the molecule is O=C(Nc1ccc(F)c(F)c1F)N1CCCN(Cc2noc(-c3ccccc3)n2)CC1. The van der Waals surface area contributed by atoms with Crippen LogP contribution in [0.25, 0.3) is 11.5 Å². The van der Waals surface area contributed by atoms with Gasteiger partial charge in [-0.1, -0.05) is 23.4 Å². The Morgan fingerprint density at radius 1 is 1.00 bits per heavy atom. The van der Waals surface area contributed by atoms with E-state index in [0.717, 1.165) is 17.7 Å². The molecule has 1 fully saturated rings. The fourth-order valence-corrected chi connectivity index (χ4v) is 3.36. The molecule has 0 bridgehead atoms. The van der Waals surface area contributed by atoms with Crippen molar-refractivity contribution >= 4 is 11.7 Å². The molecule has 0 spiro atoms. The maximum atomic E-state index is 13.8. The van der Waals surface area contributed by atoms with Crippen molar-refractivity contribution in [3.63, 3.8) is 0 Å². The van der Waals surface area contributed by atoms with E-state index < -0.39 is 29.2 Å². The number of carbonyl (C=O) groups is 1.